The molecule has 0 aromatic heterocycles. The van der Waals surface area contributed by atoms with Crippen molar-refractivity contribution >= 4 is 33.8 Å². The predicted molar refractivity (Wildman–Crippen MR) is 65.7 cm³/mol. The second kappa shape index (κ2) is 10.7. The maximum absolute atomic E-state index is 10.6. The quantitative estimate of drug-likeness (QED) is 0.531. The van der Waals surface area contributed by atoms with Gasteiger partial charge in [-0.1, -0.05) is 21.6 Å². The van der Waals surface area contributed by atoms with Gasteiger partial charge in [-0.2, -0.15) is 0 Å². The Morgan fingerprint density at radius 1 is 0.938 bits per heavy atom. The number of amides is 2. The highest BCUT2D eigenvalue weighted by Crippen LogP contribution is 2.20. The molecule has 2 amide bonds. The molecule has 0 aromatic rings. The van der Waals surface area contributed by atoms with Gasteiger partial charge < -0.3 is 20.1 Å². The fourth-order valence-corrected chi connectivity index (χ4v) is 2.25. The molecule has 0 bridgehead atoms. The first kappa shape index (κ1) is 15.2. The lowest BCUT2D eigenvalue weighted by Crippen LogP contribution is -2.20. The SMILES string of the molecule is CNC(=O)OCCSSCCOC(=O)NC. The van der Waals surface area contributed by atoms with E-state index in [1.807, 2.05) is 0 Å². The summed E-state index contributed by atoms with van der Waals surface area (Å²) in [6.45, 7) is 0.737. The van der Waals surface area contributed by atoms with Crippen molar-refractivity contribution in [3.63, 3.8) is 0 Å². The van der Waals surface area contributed by atoms with E-state index in [0.29, 0.717) is 24.7 Å². The summed E-state index contributed by atoms with van der Waals surface area (Å²) >= 11 is 0. The third kappa shape index (κ3) is 9.78. The Kier molecular flexibility index (Phi) is 10.2. The lowest BCUT2D eigenvalue weighted by Gasteiger charge is -2.04. The normalized spacial score (nSPS) is 9.38. The summed E-state index contributed by atoms with van der Waals surface area (Å²) in [4.78, 5) is 21.3. The highest BCUT2D eigenvalue weighted by Gasteiger charge is 1.99. The first-order valence-corrected chi connectivity index (χ1v) is 7.13. The molecule has 0 spiro atoms. The molecule has 0 radical (unpaired) electrons. The number of hydrogen-bond acceptors (Lipinski definition) is 6. The van der Waals surface area contributed by atoms with Gasteiger partial charge in [0.25, 0.3) is 0 Å². The second-order valence-corrected chi connectivity index (χ2v) is 5.12. The number of hydrogen-bond donors (Lipinski definition) is 2. The largest absolute Gasteiger partial charge is 0.449 e. The van der Waals surface area contributed by atoms with Gasteiger partial charge >= 0.3 is 12.2 Å². The first-order valence-electron chi connectivity index (χ1n) is 4.64. The van der Waals surface area contributed by atoms with E-state index in [4.69, 9.17) is 9.47 Å². The minimum atomic E-state index is -0.423. The Morgan fingerprint density at radius 2 is 1.31 bits per heavy atom. The summed E-state index contributed by atoms with van der Waals surface area (Å²) in [5, 5.41) is 4.71. The Labute approximate surface area is 103 Å². The third-order valence-electron chi connectivity index (χ3n) is 1.29. The van der Waals surface area contributed by atoms with Crippen LogP contribution in [-0.4, -0.2) is 51.0 Å². The van der Waals surface area contributed by atoms with E-state index in [0.717, 1.165) is 0 Å². The molecule has 0 unspecified atom stereocenters. The highest BCUT2D eigenvalue weighted by atomic mass is 33.1. The Hall–Kier alpha value is -0.760. The molecule has 8 heteroatoms. The van der Waals surface area contributed by atoms with Crippen LogP contribution in [0.3, 0.4) is 0 Å². The summed E-state index contributed by atoms with van der Waals surface area (Å²) in [5.74, 6) is 1.41. The van der Waals surface area contributed by atoms with E-state index in [-0.39, 0.29) is 0 Å². The predicted octanol–water partition coefficient (Wildman–Crippen LogP) is 1.08. The van der Waals surface area contributed by atoms with E-state index in [1.165, 1.54) is 14.1 Å². The Bertz CT molecular complexity index is 194. The van der Waals surface area contributed by atoms with Gasteiger partial charge in [0.15, 0.2) is 0 Å². The topological polar surface area (TPSA) is 76.7 Å². The number of rotatable bonds is 7. The number of carbonyl (C=O) groups excluding carboxylic acids is 2. The van der Waals surface area contributed by atoms with Gasteiger partial charge in [-0.05, 0) is 0 Å². The zero-order chi connectivity index (χ0) is 12.2. The van der Waals surface area contributed by atoms with Crippen LogP contribution in [0, 0.1) is 0 Å². The molecule has 0 rings (SSSR count). The highest BCUT2D eigenvalue weighted by molar-refractivity contribution is 8.76. The fraction of sp³-hybridized carbons (Fsp3) is 0.750. The van der Waals surface area contributed by atoms with Gasteiger partial charge in [0, 0.05) is 25.6 Å². The molecule has 0 heterocycles. The van der Waals surface area contributed by atoms with Gasteiger partial charge in [-0.3, -0.25) is 0 Å². The van der Waals surface area contributed by atoms with Crippen LogP contribution in [0.25, 0.3) is 0 Å². The molecule has 6 nitrogen and oxygen atoms in total. The molecule has 16 heavy (non-hydrogen) atoms. The van der Waals surface area contributed by atoms with Crippen molar-refractivity contribution in [2.24, 2.45) is 0 Å². The van der Waals surface area contributed by atoms with Crippen LogP contribution in [0.15, 0.2) is 0 Å². The third-order valence-corrected chi connectivity index (χ3v) is 3.62. The van der Waals surface area contributed by atoms with Crippen molar-refractivity contribution in [1.82, 2.24) is 10.6 Å². The zero-order valence-corrected chi connectivity index (χ0v) is 10.9. The second-order valence-electron chi connectivity index (χ2n) is 2.42. The van der Waals surface area contributed by atoms with Crippen molar-refractivity contribution in [1.29, 1.82) is 0 Å². The molecule has 94 valence electrons. The van der Waals surface area contributed by atoms with Crippen molar-refractivity contribution in [2.45, 2.75) is 0 Å². The molecule has 0 saturated carbocycles. The maximum Gasteiger partial charge on any atom is 0.406 e. The average molecular weight is 268 g/mol. The molecule has 2 N–H and O–H groups in total. The van der Waals surface area contributed by atoms with Gasteiger partial charge in [0.05, 0.1) is 0 Å². The number of carbonyl (C=O) groups is 2. The molecule has 0 saturated heterocycles. The average Bonchev–Trinajstić information content (AvgIpc) is 2.31. The Balaban J connectivity index is 3.10. The summed E-state index contributed by atoms with van der Waals surface area (Å²) in [5.41, 5.74) is 0. The summed E-state index contributed by atoms with van der Waals surface area (Å²) < 4.78 is 9.55. The van der Waals surface area contributed by atoms with E-state index >= 15 is 0 Å². The molecule has 0 atom stereocenters. The van der Waals surface area contributed by atoms with Crippen molar-refractivity contribution in [3.05, 3.63) is 0 Å². The van der Waals surface area contributed by atoms with E-state index < -0.39 is 12.2 Å². The zero-order valence-electron chi connectivity index (χ0n) is 9.28. The van der Waals surface area contributed by atoms with Crippen LogP contribution >= 0.6 is 21.6 Å². The number of nitrogens with one attached hydrogen (secondary N) is 2. The van der Waals surface area contributed by atoms with Crippen LogP contribution in [0.5, 0.6) is 0 Å². The van der Waals surface area contributed by atoms with E-state index in [2.05, 4.69) is 10.6 Å². The number of ether oxygens (including phenoxy) is 2. The van der Waals surface area contributed by atoms with Crippen molar-refractivity contribution in [3.8, 4) is 0 Å². The van der Waals surface area contributed by atoms with E-state index in [1.54, 1.807) is 21.6 Å². The molecule has 0 aromatic carbocycles. The summed E-state index contributed by atoms with van der Waals surface area (Å²) in [6, 6.07) is 0. The first-order chi connectivity index (χ1) is 7.70. The van der Waals surface area contributed by atoms with Gasteiger partial charge in [0.2, 0.25) is 0 Å². The lowest BCUT2D eigenvalue weighted by atomic mass is 10.8. The van der Waals surface area contributed by atoms with Gasteiger partial charge in [-0.15, -0.1) is 0 Å². The smallest absolute Gasteiger partial charge is 0.406 e. The molecule has 0 fully saturated rings. The lowest BCUT2D eigenvalue weighted by molar-refractivity contribution is 0.154. The standard InChI is InChI=1S/C8H16N2O4S2/c1-9-7(11)13-3-5-15-16-6-4-14-8(12)10-2/h3-6H2,1-2H3,(H,9,11)(H,10,12). The minimum absolute atomic E-state index is 0.369. The molecule has 0 aliphatic rings. The van der Waals surface area contributed by atoms with E-state index in [9.17, 15) is 9.59 Å². The van der Waals surface area contributed by atoms with Crippen LogP contribution in [0.4, 0.5) is 9.59 Å². The van der Waals surface area contributed by atoms with Crippen molar-refractivity contribution < 1.29 is 19.1 Å². The minimum Gasteiger partial charge on any atom is -0.449 e. The van der Waals surface area contributed by atoms with Crippen molar-refractivity contribution in [2.75, 3.05) is 38.8 Å². The number of alkyl carbamates (subject to hydrolysis) is 2. The summed E-state index contributed by atoms with van der Waals surface area (Å²) in [6.07, 6.45) is -0.845. The molecular weight excluding hydrogens is 252 g/mol. The van der Waals surface area contributed by atoms with Crippen LogP contribution in [0.1, 0.15) is 0 Å². The molecule has 0 aliphatic carbocycles. The molecule has 0 aliphatic heterocycles. The summed E-state index contributed by atoms with van der Waals surface area (Å²) in [7, 11) is 6.16. The molecular formula is C8H16N2O4S2. The van der Waals surface area contributed by atoms with Crippen LogP contribution in [-0.2, 0) is 9.47 Å². The monoisotopic (exact) mass is 268 g/mol. The van der Waals surface area contributed by atoms with Gasteiger partial charge in [-0.25, -0.2) is 9.59 Å². The fourth-order valence-electron chi connectivity index (χ4n) is 0.599. The Morgan fingerprint density at radius 3 is 1.62 bits per heavy atom. The van der Waals surface area contributed by atoms with Crippen LogP contribution in [0.2, 0.25) is 0 Å². The van der Waals surface area contributed by atoms with Gasteiger partial charge in [0.1, 0.15) is 13.2 Å². The van der Waals surface area contributed by atoms with Crippen LogP contribution < -0.4 is 10.6 Å². The maximum atomic E-state index is 10.6.